The van der Waals surface area contributed by atoms with Crippen molar-refractivity contribution in [2.75, 3.05) is 26.2 Å². The van der Waals surface area contributed by atoms with Crippen molar-refractivity contribution in [1.82, 2.24) is 10.2 Å². The number of hydrogen-bond acceptors (Lipinski definition) is 2. The van der Waals surface area contributed by atoms with Gasteiger partial charge in [0.05, 0.1) is 0 Å². The van der Waals surface area contributed by atoms with E-state index in [1.165, 1.54) is 71.1 Å². The third kappa shape index (κ3) is 3.74. The molecule has 0 aromatic carbocycles. The maximum absolute atomic E-state index is 3.62. The van der Waals surface area contributed by atoms with Gasteiger partial charge in [-0.15, -0.1) is 0 Å². The second-order valence-corrected chi connectivity index (χ2v) is 5.68. The predicted octanol–water partition coefficient (Wildman–Crippen LogP) is 2.64. The number of nitrogens with one attached hydrogen (secondary N) is 1. The van der Waals surface area contributed by atoms with Crippen LogP contribution in [0, 0.1) is 5.92 Å². The van der Waals surface area contributed by atoms with Crippen molar-refractivity contribution in [2.24, 2.45) is 5.92 Å². The molecule has 2 fully saturated rings. The van der Waals surface area contributed by atoms with Gasteiger partial charge >= 0.3 is 0 Å². The molecule has 1 N–H and O–H groups in total. The fourth-order valence-electron chi connectivity index (χ4n) is 3.33. The van der Waals surface area contributed by atoms with E-state index in [0.29, 0.717) is 0 Å². The standard InChI is InChI=1S/C14H28N2/c1-2-5-13-6-4-10-16(11-8-13)12-14-7-3-9-15-14/h13-15H,2-12H2,1H3. The molecule has 2 atom stereocenters. The largest absolute Gasteiger partial charge is 0.313 e. The van der Waals surface area contributed by atoms with Gasteiger partial charge in [0.15, 0.2) is 0 Å². The van der Waals surface area contributed by atoms with E-state index in [0.717, 1.165) is 12.0 Å². The highest BCUT2D eigenvalue weighted by Crippen LogP contribution is 2.22. The van der Waals surface area contributed by atoms with Crippen molar-refractivity contribution in [3.63, 3.8) is 0 Å². The van der Waals surface area contributed by atoms with Gasteiger partial charge < -0.3 is 10.2 Å². The molecule has 0 spiro atoms. The summed E-state index contributed by atoms with van der Waals surface area (Å²) in [6.45, 7) is 7.57. The lowest BCUT2D eigenvalue weighted by Gasteiger charge is -2.23. The van der Waals surface area contributed by atoms with Gasteiger partial charge in [-0.25, -0.2) is 0 Å². The van der Waals surface area contributed by atoms with Crippen LogP contribution in [0.5, 0.6) is 0 Å². The monoisotopic (exact) mass is 224 g/mol. The highest BCUT2D eigenvalue weighted by Gasteiger charge is 2.20. The Bertz CT molecular complexity index is 187. The first-order chi connectivity index (χ1) is 7.88. The van der Waals surface area contributed by atoms with Crippen LogP contribution in [0.2, 0.25) is 0 Å². The van der Waals surface area contributed by atoms with Crippen LogP contribution in [0.15, 0.2) is 0 Å². The van der Waals surface area contributed by atoms with Crippen molar-refractivity contribution >= 4 is 0 Å². The van der Waals surface area contributed by atoms with E-state index in [1.54, 1.807) is 0 Å². The maximum Gasteiger partial charge on any atom is 0.0195 e. The van der Waals surface area contributed by atoms with E-state index in [9.17, 15) is 0 Å². The summed E-state index contributed by atoms with van der Waals surface area (Å²) in [6.07, 6.45) is 9.95. The molecule has 0 aromatic heterocycles. The second-order valence-electron chi connectivity index (χ2n) is 5.68. The first-order valence-corrected chi connectivity index (χ1v) is 7.34. The summed E-state index contributed by atoms with van der Waals surface area (Å²) in [5, 5.41) is 3.62. The van der Waals surface area contributed by atoms with E-state index in [2.05, 4.69) is 17.1 Å². The molecular weight excluding hydrogens is 196 g/mol. The summed E-state index contributed by atoms with van der Waals surface area (Å²) in [7, 11) is 0. The van der Waals surface area contributed by atoms with Crippen LogP contribution >= 0.6 is 0 Å². The summed E-state index contributed by atoms with van der Waals surface area (Å²) >= 11 is 0. The minimum atomic E-state index is 0.794. The van der Waals surface area contributed by atoms with Crippen LogP contribution < -0.4 is 5.32 Å². The Kier molecular flexibility index (Phi) is 5.11. The number of hydrogen-bond donors (Lipinski definition) is 1. The summed E-state index contributed by atoms with van der Waals surface area (Å²) in [6, 6.07) is 0.794. The Morgan fingerprint density at radius 1 is 1.12 bits per heavy atom. The van der Waals surface area contributed by atoms with Crippen LogP contribution in [-0.4, -0.2) is 37.1 Å². The minimum Gasteiger partial charge on any atom is -0.313 e. The molecule has 2 saturated heterocycles. The van der Waals surface area contributed by atoms with Gasteiger partial charge in [-0.2, -0.15) is 0 Å². The van der Waals surface area contributed by atoms with Gasteiger partial charge in [0.1, 0.15) is 0 Å². The van der Waals surface area contributed by atoms with E-state index >= 15 is 0 Å². The van der Waals surface area contributed by atoms with Crippen molar-refractivity contribution in [3.8, 4) is 0 Å². The van der Waals surface area contributed by atoms with Crippen molar-refractivity contribution in [1.29, 1.82) is 0 Å². The Hall–Kier alpha value is -0.0800. The summed E-state index contributed by atoms with van der Waals surface area (Å²) < 4.78 is 0. The SMILES string of the molecule is CCCC1CCCN(CC2CCCN2)CC1. The zero-order valence-corrected chi connectivity index (χ0v) is 10.9. The quantitative estimate of drug-likeness (QED) is 0.790. The molecule has 16 heavy (non-hydrogen) atoms. The normalized spacial score (nSPS) is 32.8. The molecular formula is C14H28N2. The minimum absolute atomic E-state index is 0.794. The van der Waals surface area contributed by atoms with Crippen molar-refractivity contribution in [3.05, 3.63) is 0 Å². The van der Waals surface area contributed by atoms with Crippen LogP contribution in [-0.2, 0) is 0 Å². The van der Waals surface area contributed by atoms with Gasteiger partial charge in [0.2, 0.25) is 0 Å². The van der Waals surface area contributed by atoms with Gasteiger partial charge in [-0.05, 0) is 57.7 Å². The highest BCUT2D eigenvalue weighted by atomic mass is 15.2. The van der Waals surface area contributed by atoms with Gasteiger partial charge in [-0.3, -0.25) is 0 Å². The fraction of sp³-hybridized carbons (Fsp3) is 1.00. The lowest BCUT2D eigenvalue weighted by molar-refractivity contribution is 0.254. The number of likely N-dealkylation sites (tertiary alicyclic amines) is 1. The lowest BCUT2D eigenvalue weighted by atomic mass is 9.96. The Morgan fingerprint density at radius 2 is 2.06 bits per heavy atom. The Labute approximate surface area is 101 Å². The molecule has 2 heteroatoms. The van der Waals surface area contributed by atoms with Gasteiger partial charge in [-0.1, -0.05) is 19.8 Å². The molecule has 2 aliphatic heterocycles. The molecule has 2 aliphatic rings. The van der Waals surface area contributed by atoms with E-state index < -0.39 is 0 Å². The first-order valence-electron chi connectivity index (χ1n) is 7.34. The molecule has 94 valence electrons. The van der Waals surface area contributed by atoms with Crippen LogP contribution in [0.4, 0.5) is 0 Å². The molecule has 2 nitrogen and oxygen atoms in total. The third-order valence-corrected chi connectivity index (χ3v) is 4.28. The molecule has 0 amide bonds. The number of rotatable bonds is 4. The summed E-state index contributed by atoms with van der Waals surface area (Å²) in [5.74, 6) is 1.02. The van der Waals surface area contributed by atoms with Gasteiger partial charge in [0, 0.05) is 12.6 Å². The molecule has 0 saturated carbocycles. The molecule has 0 radical (unpaired) electrons. The predicted molar refractivity (Wildman–Crippen MR) is 69.7 cm³/mol. The van der Waals surface area contributed by atoms with E-state index in [-0.39, 0.29) is 0 Å². The zero-order chi connectivity index (χ0) is 11.2. The average molecular weight is 224 g/mol. The first kappa shape index (κ1) is 12.4. The molecule has 2 heterocycles. The van der Waals surface area contributed by atoms with Crippen molar-refractivity contribution < 1.29 is 0 Å². The Balaban J connectivity index is 1.70. The Morgan fingerprint density at radius 3 is 2.81 bits per heavy atom. The van der Waals surface area contributed by atoms with Crippen molar-refractivity contribution in [2.45, 2.75) is 57.9 Å². The molecule has 0 bridgehead atoms. The van der Waals surface area contributed by atoms with Crippen LogP contribution in [0.3, 0.4) is 0 Å². The molecule has 2 unspecified atom stereocenters. The van der Waals surface area contributed by atoms with E-state index in [1.807, 2.05) is 0 Å². The highest BCUT2D eigenvalue weighted by molar-refractivity contribution is 4.79. The summed E-state index contributed by atoms with van der Waals surface area (Å²) in [5.41, 5.74) is 0. The zero-order valence-electron chi connectivity index (χ0n) is 10.9. The third-order valence-electron chi connectivity index (χ3n) is 4.28. The van der Waals surface area contributed by atoms with Crippen LogP contribution in [0.1, 0.15) is 51.9 Å². The average Bonchev–Trinajstić information content (AvgIpc) is 2.68. The molecule has 0 aliphatic carbocycles. The number of nitrogens with zero attached hydrogens (tertiary/aromatic N) is 1. The van der Waals surface area contributed by atoms with E-state index in [4.69, 9.17) is 0 Å². The van der Waals surface area contributed by atoms with Crippen LogP contribution in [0.25, 0.3) is 0 Å². The molecule has 0 aromatic rings. The topological polar surface area (TPSA) is 15.3 Å². The molecule has 2 rings (SSSR count). The smallest absolute Gasteiger partial charge is 0.0195 e. The second kappa shape index (κ2) is 6.61. The summed E-state index contributed by atoms with van der Waals surface area (Å²) in [4.78, 5) is 2.71. The fourth-order valence-corrected chi connectivity index (χ4v) is 3.33. The lowest BCUT2D eigenvalue weighted by Crippen LogP contribution is -2.38. The maximum atomic E-state index is 3.62. The van der Waals surface area contributed by atoms with Gasteiger partial charge in [0.25, 0.3) is 0 Å².